The van der Waals surface area contributed by atoms with E-state index in [0.717, 1.165) is 18.8 Å². The smallest absolute Gasteiger partial charge is 0.317 e. The summed E-state index contributed by atoms with van der Waals surface area (Å²) < 4.78 is 1.93. The fourth-order valence-corrected chi connectivity index (χ4v) is 1.87. The number of nitrogens with zero attached hydrogens (tertiary/aromatic N) is 4. The summed E-state index contributed by atoms with van der Waals surface area (Å²) in [6.45, 7) is 5.11. The van der Waals surface area contributed by atoms with E-state index in [2.05, 4.69) is 27.8 Å². The van der Waals surface area contributed by atoms with Crippen molar-refractivity contribution in [3.8, 4) is 0 Å². The van der Waals surface area contributed by atoms with E-state index in [-0.39, 0.29) is 24.4 Å². The highest BCUT2D eigenvalue weighted by Crippen LogP contribution is 2.09. The lowest BCUT2D eigenvalue weighted by Crippen LogP contribution is -2.40. The first-order valence-corrected chi connectivity index (χ1v) is 7.09. The summed E-state index contributed by atoms with van der Waals surface area (Å²) >= 11 is 0. The minimum absolute atomic E-state index is 0.0922. The molecule has 0 aliphatic heterocycles. The third kappa shape index (κ3) is 5.05. The van der Waals surface area contributed by atoms with Gasteiger partial charge in [0.1, 0.15) is 6.33 Å². The van der Waals surface area contributed by atoms with Gasteiger partial charge >= 0.3 is 6.03 Å². The van der Waals surface area contributed by atoms with E-state index in [9.17, 15) is 9.59 Å². The molecule has 0 bridgehead atoms. The maximum Gasteiger partial charge on any atom is 0.317 e. The van der Waals surface area contributed by atoms with Crippen molar-refractivity contribution in [1.29, 1.82) is 0 Å². The molecule has 0 radical (unpaired) electrons. The normalized spacial score (nSPS) is 11.8. The molecule has 1 rings (SSSR count). The molecule has 1 aromatic heterocycles. The quantitative estimate of drug-likeness (QED) is 0.767. The molecule has 8 heteroatoms. The number of rotatable bonds is 7. The van der Waals surface area contributed by atoms with Crippen LogP contribution >= 0.6 is 0 Å². The molecule has 1 aromatic rings. The molecule has 0 saturated heterocycles. The molecule has 0 saturated carbocycles. The predicted molar refractivity (Wildman–Crippen MR) is 78.6 cm³/mol. The van der Waals surface area contributed by atoms with Crippen LogP contribution in [0.2, 0.25) is 0 Å². The van der Waals surface area contributed by atoms with Gasteiger partial charge in [-0.2, -0.15) is 0 Å². The van der Waals surface area contributed by atoms with Crippen LogP contribution in [0, 0.1) is 0 Å². The first-order chi connectivity index (χ1) is 9.99. The fourth-order valence-electron chi connectivity index (χ4n) is 1.87. The van der Waals surface area contributed by atoms with Crippen LogP contribution in [-0.2, 0) is 11.3 Å². The molecule has 0 aromatic carbocycles. The highest BCUT2D eigenvalue weighted by Gasteiger charge is 2.17. The number of amides is 3. The lowest BCUT2D eigenvalue weighted by Gasteiger charge is -2.21. The number of hydrogen-bond acceptors (Lipinski definition) is 4. The van der Waals surface area contributed by atoms with Crippen LogP contribution in [0.4, 0.5) is 4.79 Å². The second kappa shape index (κ2) is 8.23. The first kappa shape index (κ1) is 16.9. The van der Waals surface area contributed by atoms with Crippen molar-refractivity contribution in [2.24, 2.45) is 0 Å². The van der Waals surface area contributed by atoms with Gasteiger partial charge in [-0.15, -0.1) is 10.2 Å². The molecule has 8 nitrogen and oxygen atoms in total. The second-order valence-electron chi connectivity index (χ2n) is 4.90. The standard InChI is InChI=1S/C13H24N6O2/c1-5-7-19-9-15-17-12(19)10(2)16-13(21)18(4)8-6-11(20)14-3/h9-10H,5-8H2,1-4H3,(H,14,20)(H,16,21). The van der Waals surface area contributed by atoms with Gasteiger partial charge in [0, 0.05) is 33.6 Å². The van der Waals surface area contributed by atoms with Crippen LogP contribution in [0.1, 0.15) is 38.6 Å². The molecular weight excluding hydrogens is 272 g/mol. The van der Waals surface area contributed by atoms with Gasteiger partial charge in [0.15, 0.2) is 5.82 Å². The lowest BCUT2D eigenvalue weighted by atomic mass is 10.3. The fraction of sp³-hybridized carbons (Fsp3) is 0.692. The van der Waals surface area contributed by atoms with E-state index in [1.54, 1.807) is 20.4 Å². The summed E-state index contributed by atoms with van der Waals surface area (Å²) in [5.41, 5.74) is 0. The zero-order valence-electron chi connectivity index (χ0n) is 13.1. The maximum absolute atomic E-state index is 12.0. The molecule has 21 heavy (non-hydrogen) atoms. The molecule has 3 amide bonds. The van der Waals surface area contributed by atoms with Crippen molar-refractivity contribution in [2.75, 3.05) is 20.6 Å². The largest absolute Gasteiger partial charge is 0.359 e. The number of aromatic nitrogens is 3. The summed E-state index contributed by atoms with van der Waals surface area (Å²) in [6, 6.07) is -0.480. The van der Waals surface area contributed by atoms with Crippen LogP contribution in [0.5, 0.6) is 0 Å². The van der Waals surface area contributed by atoms with Crippen molar-refractivity contribution in [3.63, 3.8) is 0 Å². The summed E-state index contributed by atoms with van der Waals surface area (Å²) in [6.07, 6.45) is 2.91. The molecular formula is C13H24N6O2. The Balaban J connectivity index is 2.53. The van der Waals surface area contributed by atoms with Crippen LogP contribution < -0.4 is 10.6 Å². The predicted octanol–water partition coefficient (Wildman–Crippen LogP) is 0.527. The summed E-state index contributed by atoms with van der Waals surface area (Å²) in [7, 11) is 3.23. The Morgan fingerprint density at radius 2 is 2.19 bits per heavy atom. The van der Waals surface area contributed by atoms with Crippen molar-refractivity contribution in [1.82, 2.24) is 30.3 Å². The minimum atomic E-state index is -0.242. The summed E-state index contributed by atoms with van der Waals surface area (Å²) in [4.78, 5) is 24.7. The van der Waals surface area contributed by atoms with Crippen molar-refractivity contribution >= 4 is 11.9 Å². The molecule has 1 unspecified atom stereocenters. The Morgan fingerprint density at radius 1 is 1.48 bits per heavy atom. The first-order valence-electron chi connectivity index (χ1n) is 7.09. The van der Waals surface area contributed by atoms with E-state index in [1.807, 2.05) is 11.5 Å². The number of hydrogen-bond donors (Lipinski definition) is 2. The van der Waals surface area contributed by atoms with Gasteiger partial charge in [-0.3, -0.25) is 4.79 Å². The van der Waals surface area contributed by atoms with Gasteiger partial charge in [0.25, 0.3) is 0 Å². The van der Waals surface area contributed by atoms with Crippen LogP contribution in [-0.4, -0.2) is 52.2 Å². The van der Waals surface area contributed by atoms with Gasteiger partial charge in [0.05, 0.1) is 6.04 Å². The van der Waals surface area contributed by atoms with Gasteiger partial charge in [-0.05, 0) is 13.3 Å². The number of urea groups is 1. The van der Waals surface area contributed by atoms with Crippen molar-refractivity contribution < 1.29 is 9.59 Å². The zero-order valence-corrected chi connectivity index (χ0v) is 13.1. The molecule has 2 N–H and O–H groups in total. The molecule has 118 valence electrons. The Labute approximate surface area is 124 Å². The third-order valence-electron chi connectivity index (χ3n) is 3.14. The van der Waals surface area contributed by atoms with Crippen LogP contribution in [0.15, 0.2) is 6.33 Å². The number of carbonyl (C=O) groups excluding carboxylic acids is 2. The average Bonchev–Trinajstić information content (AvgIpc) is 2.92. The van der Waals surface area contributed by atoms with E-state index in [0.29, 0.717) is 6.54 Å². The molecule has 0 fully saturated rings. The Hall–Kier alpha value is -2.12. The van der Waals surface area contributed by atoms with E-state index in [4.69, 9.17) is 0 Å². The van der Waals surface area contributed by atoms with Gasteiger partial charge in [-0.25, -0.2) is 4.79 Å². The Morgan fingerprint density at radius 3 is 2.81 bits per heavy atom. The maximum atomic E-state index is 12.0. The highest BCUT2D eigenvalue weighted by molar-refractivity contribution is 5.78. The number of carbonyl (C=O) groups is 2. The number of nitrogens with one attached hydrogen (secondary N) is 2. The zero-order chi connectivity index (χ0) is 15.8. The van der Waals surface area contributed by atoms with E-state index >= 15 is 0 Å². The second-order valence-corrected chi connectivity index (χ2v) is 4.90. The molecule has 0 spiro atoms. The van der Waals surface area contributed by atoms with Crippen molar-refractivity contribution in [2.45, 2.75) is 39.3 Å². The van der Waals surface area contributed by atoms with Crippen LogP contribution in [0.25, 0.3) is 0 Å². The average molecular weight is 296 g/mol. The summed E-state index contributed by atoms with van der Waals surface area (Å²) in [5.74, 6) is 0.635. The Bertz CT molecular complexity index is 473. The third-order valence-corrected chi connectivity index (χ3v) is 3.14. The van der Waals surface area contributed by atoms with Crippen LogP contribution in [0.3, 0.4) is 0 Å². The molecule has 1 atom stereocenters. The topological polar surface area (TPSA) is 92.2 Å². The SMILES string of the molecule is CCCn1cnnc1C(C)NC(=O)N(C)CCC(=O)NC. The van der Waals surface area contributed by atoms with Gasteiger partial charge in [0.2, 0.25) is 5.91 Å². The molecule has 0 aliphatic rings. The molecule has 0 aliphatic carbocycles. The minimum Gasteiger partial charge on any atom is -0.359 e. The Kier molecular flexibility index (Phi) is 6.64. The van der Waals surface area contributed by atoms with Gasteiger partial charge in [-0.1, -0.05) is 6.92 Å². The molecule has 1 heterocycles. The summed E-state index contributed by atoms with van der Waals surface area (Å²) in [5, 5.41) is 13.3. The highest BCUT2D eigenvalue weighted by atomic mass is 16.2. The van der Waals surface area contributed by atoms with E-state index < -0.39 is 0 Å². The van der Waals surface area contributed by atoms with Gasteiger partial charge < -0.3 is 20.1 Å². The number of aryl methyl sites for hydroxylation is 1. The van der Waals surface area contributed by atoms with Crippen molar-refractivity contribution in [3.05, 3.63) is 12.2 Å². The lowest BCUT2D eigenvalue weighted by molar-refractivity contribution is -0.120. The van der Waals surface area contributed by atoms with E-state index in [1.165, 1.54) is 4.90 Å². The monoisotopic (exact) mass is 296 g/mol.